The van der Waals surface area contributed by atoms with Gasteiger partial charge in [0.1, 0.15) is 17.1 Å². The molecule has 0 aliphatic rings. The van der Waals surface area contributed by atoms with Crippen LogP contribution >= 0.6 is 0 Å². The van der Waals surface area contributed by atoms with E-state index in [0.29, 0.717) is 33.6 Å². The number of fused-ring (bicyclic) bond motifs is 1. The lowest BCUT2D eigenvalue weighted by atomic mass is 9.95. The van der Waals surface area contributed by atoms with Gasteiger partial charge in [0.15, 0.2) is 23.1 Å². The maximum atomic E-state index is 15.1. The number of methoxy groups -OCH3 is 1. The van der Waals surface area contributed by atoms with Crippen LogP contribution in [0.25, 0.3) is 22.2 Å². The number of aliphatic hydroxyl groups excluding tert-OH is 1. The molecule has 0 aliphatic heterocycles. The Labute approximate surface area is 226 Å². The van der Waals surface area contributed by atoms with Crippen molar-refractivity contribution in [3.63, 3.8) is 0 Å². The van der Waals surface area contributed by atoms with Crippen LogP contribution in [0.4, 0.5) is 8.78 Å². The van der Waals surface area contributed by atoms with Crippen molar-refractivity contribution in [1.29, 1.82) is 0 Å². The smallest absolute Gasteiger partial charge is 0.200 e. The fourth-order valence-corrected chi connectivity index (χ4v) is 4.47. The van der Waals surface area contributed by atoms with Gasteiger partial charge < -0.3 is 19.6 Å². The summed E-state index contributed by atoms with van der Waals surface area (Å²) in [5, 5.41) is 9.84. The number of benzene rings is 2. The van der Waals surface area contributed by atoms with Gasteiger partial charge in [-0.15, -0.1) is 0 Å². The van der Waals surface area contributed by atoms with Crippen LogP contribution in [0.1, 0.15) is 27.3 Å². The predicted octanol–water partition coefficient (Wildman–Crippen LogP) is 5.29. The Kier molecular flexibility index (Phi) is 7.35. The predicted molar refractivity (Wildman–Crippen MR) is 144 cm³/mol. The minimum atomic E-state index is -0.726. The number of hydrogen-bond acceptors (Lipinski definition) is 7. The molecule has 0 radical (unpaired) electrons. The maximum absolute atomic E-state index is 15.1. The van der Waals surface area contributed by atoms with Crippen LogP contribution in [0.3, 0.4) is 0 Å². The Morgan fingerprint density at radius 2 is 1.80 bits per heavy atom. The number of carbonyl (C=O) groups excluding carboxylic acids is 1. The van der Waals surface area contributed by atoms with E-state index in [-0.39, 0.29) is 34.7 Å². The van der Waals surface area contributed by atoms with Gasteiger partial charge in [-0.3, -0.25) is 14.6 Å². The number of carbonyl (C=O) groups is 1. The second kappa shape index (κ2) is 11.0. The van der Waals surface area contributed by atoms with E-state index < -0.39 is 29.5 Å². The number of ketones is 1. The Hall–Kier alpha value is -4.96. The number of ether oxygens (including phenoxy) is 2. The molecule has 0 spiro atoms. The quantitative estimate of drug-likeness (QED) is 0.256. The third kappa shape index (κ3) is 5.16. The van der Waals surface area contributed by atoms with E-state index in [1.54, 1.807) is 19.1 Å². The third-order valence-corrected chi connectivity index (χ3v) is 6.37. The molecule has 10 heteroatoms. The first-order valence-electron chi connectivity index (χ1n) is 12.2. The molecule has 0 bridgehead atoms. The highest BCUT2D eigenvalue weighted by Crippen LogP contribution is 2.31. The molecule has 5 aromatic rings. The summed E-state index contributed by atoms with van der Waals surface area (Å²) in [6, 6.07) is 12.6. The van der Waals surface area contributed by atoms with Crippen molar-refractivity contribution in [3.8, 4) is 28.4 Å². The summed E-state index contributed by atoms with van der Waals surface area (Å²) < 4.78 is 39.4. The third-order valence-electron chi connectivity index (χ3n) is 6.37. The Morgan fingerprint density at radius 3 is 2.50 bits per heavy atom. The van der Waals surface area contributed by atoms with Crippen molar-refractivity contribution < 1.29 is 28.2 Å². The highest BCUT2D eigenvalue weighted by Gasteiger charge is 2.22. The lowest BCUT2D eigenvalue weighted by molar-refractivity contribution is 0.0988. The number of rotatable bonds is 8. The van der Waals surface area contributed by atoms with Crippen LogP contribution in [-0.2, 0) is 13.0 Å². The highest BCUT2D eigenvalue weighted by atomic mass is 19.1. The van der Waals surface area contributed by atoms with Crippen LogP contribution < -0.4 is 14.9 Å². The van der Waals surface area contributed by atoms with Crippen molar-refractivity contribution in [2.75, 3.05) is 7.11 Å². The van der Waals surface area contributed by atoms with E-state index in [9.17, 15) is 19.1 Å². The zero-order chi connectivity index (χ0) is 28.4. The number of aryl methyl sites for hydroxylation is 1. The molecular weight excluding hydrogens is 520 g/mol. The van der Waals surface area contributed by atoms with Gasteiger partial charge in [0.05, 0.1) is 36.7 Å². The molecule has 2 aromatic carbocycles. The minimum absolute atomic E-state index is 0.0486. The van der Waals surface area contributed by atoms with E-state index in [4.69, 9.17) is 9.47 Å². The summed E-state index contributed by atoms with van der Waals surface area (Å²) in [5.74, 6) is -1.11. The van der Waals surface area contributed by atoms with Crippen LogP contribution in [0.2, 0.25) is 0 Å². The van der Waals surface area contributed by atoms with Crippen molar-refractivity contribution in [1.82, 2.24) is 15.0 Å². The van der Waals surface area contributed by atoms with E-state index >= 15 is 4.39 Å². The zero-order valence-corrected chi connectivity index (χ0v) is 21.5. The number of nitrogens with one attached hydrogen (secondary N) is 1. The van der Waals surface area contributed by atoms with Gasteiger partial charge >= 0.3 is 0 Å². The van der Waals surface area contributed by atoms with Gasteiger partial charge in [-0.1, -0.05) is 18.2 Å². The van der Waals surface area contributed by atoms with Crippen LogP contribution in [0, 0.1) is 18.6 Å². The average Bonchev–Trinajstić information content (AvgIpc) is 2.94. The van der Waals surface area contributed by atoms with Crippen LogP contribution in [0.5, 0.6) is 17.2 Å². The molecule has 0 aliphatic carbocycles. The number of hydrogen-bond donors (Lipinski definition) is 2. The van der Waals surface area contributed by atoms with E-state index in [2.05, 4.69) is 15.0 Å². The van der Waals surface area contributed by atoms with Gasteiger partial charge in [-0.05, 0) is 42.3 Å². The standard InChI is InChI=1S/C30H23F2N3O5/c1-16-27(18-4-6-19(31)7-5-18)30(38)28(23(15-36)35-16)24(37)12-17-3-8-25(21(32)11-17)40-26-9-10-33-22-13-20(39-2)14-34-29(22)26/h3-11,13-14,36H,12,15H2,1-2H3,(H,35,38). The molecule has 3 aromatic heterocycles. The van der Waals surface area contributed by atoms with Gasteiger partial charge in [0.25, 0.3) is 0 Å². The molecule has 0 fully saturated rings. The van der Waals surface area contributed by atoms with Crippen LogP contribution in [-0.4, -0.2) is 33.0 Å². The number of aromatic nitrogens is 3. The molecule has 0 unspecified atom stereocenters. The van der Waals surface area contributed by atoms with E-state index in [1.165, 1.54) is 55.9 Å². The minimum Gasteiger partial charge on any atom is -0.495 e. The number of halogens is 2. The SMILES string of the molecule is COc1cnc2c(Oc3ccc(CC(=O)c4c(CO)[nH]c(C)c(-c5ccc(F)cc5)c4=O)cc3F)ccnc2c1. The molecule has 2 N–H and O–H groups in total. The average molecular weight is 544 g/mol. The van der Waals surface area contributed by atoms with E-state index in [1.807, 2.05) is 0 Å². The first-order chi connectivity index (χ1) is 19.3. The fourth-order valence-electron chi connectivity index (χ4n) is 4.47. The molecule has 0 saturated carbocycles. The second-order valence-electron chi connectivity index (χ2n) is 8.99. The number of Topliss-reactive ketones (excluding diaryl/α,β-unsaturated/α-hetero) is 1. The normalized spacial score (nSPS) is 11.0. The van der Waals surface area contributed by atoms with Gasteiger partial charge in [-0.2, -0.15) is 0 Å². The highest BCUT2D eigenvalue weighted by molar-refractivity contribution is 5.99. The Balaban J connectivity index is 1.43. The molecule has 5 rings (SSSR count). The Morgan fingerprint density at radius 1 is 1.02 bits per heavy atom. The lowest BCUT2D eigenvalue weighted by Gasteiger charge is -2.13. The number of aromatic amines is 1. The summed E-state index contributed by atoms with van der Waals surface area (Å²) in [5.41, 5.74) is 1.44. The second-order valence-corrected chi connectivity index (χ2v) is 8.99. The number of nitrogens with zero attached hydrogens (tertiary/aromatic N) is 2. The van der Waals surface area contributed by atoms with Crippen molar-refractivity contribution in [3.05, 3.63) is 111 Å². The maximum Gasteiger partial charge on any atom is 0.200 e. The number of H-pyrrole nitrogens is 1. The molecule has 8 nitrogen and oxygen atoms in total. The van der Waals surface area contributed by atoms with E-state index in [0.717, 1.165) is 6.07 Å². The number of pyridine rings is 3. The Bertz CT molecular complexity index is 1800. The molecule has 40 heavy (non-hydrogen) atoms. The molecular formula is C30H23F2N3O5. The molecule has 3 heterocycles. The van der Waals surface area contributed by atoms with Gasteiger partial charge in [0, 0.05) is 36.0 Å². The summed E-state index contributed by atoms with van der Waals surface area (Å²) in [7, 11) is 1.51. The summed E-state index contributed by atoms with van der Waals surface area (Å²) in [6.07, 6.45) is 2.69. The first-order valence-corrected chi connectivity index (χ1v) is 12.2. The monoisotopic (exact) mass is 543 g/mol. The van der Waals surface area contributed by atoms with Gasteiger partial charge in [0.2, 0.25) is 5.43 Å². The summed E-state index contributed by atoms with van der Waals surface area (Å²) in [6.45, 7) is 1.04. The first kappa shape index (κ1) is 26.6. The lowest BCUT2D eigenvalue weighted by Crippen LogP contribution is -2.24. The summed E-state index contributed by atoms with van der Waals surface area (Å²) in [4.78, 5) is 38.1. The summed E-state index contributed by atoms with van der Waals surface area (Å²) >= 11 is 0. The van der Waals surface area contributed by atoms with Crippen molar-refractivity contribution in [2.45, 2.75) is 20.0 Å². The molecule has 0 amide bonds. The van der Waals surface area contributed by atoms with Crippen molar-refractivity contribution in [2.24, 2.45) is 0 Å². The molecule has 0 saturated heterocycles. The topological polar surface area (TPSA) is 114 Å². The molecule has 0 atom stereocenters. The molecule has 202 valence electrons. The van der Waals surface area contributed by atoms with Crippen LogP contribution in [0.15, 0.2) is 71.8 Å². The largest absolute Gasteiger partial charge is 0.495 e. The zero-order valence-electron chi connectivity index (χ0n) is 21.5. The fraction of sp³-hybridized carbons (Fsp3) is 0.133. The van der Waals surface area contributed by atoms with Crippen molar-refractivity contribution >= 4 is 16.8 Å². The number of aliphatic hydroxyl groups is 1. The van der Waals surface area contributed by atoms with Gasteiger partial charge in [-0.25, -0.2) is 13.8 Å².